The number of amides is 1. The lowest BCUT2D eigenvalue weighted by atomic mass is 10.2. The summed E-state index contributed by atoms with van der Waals surface area (Å²) in [5.74, 6) is 0.751. The average Bonchev–Trinajstić information content (AvgIpc) is 2.57. The van der Waals surface area contributed by atoms with E-state index in [0.29, 0.717) is 57.5 Å². The number of alkyl halides is 3. The molecule has 5 nitrogen and oxygen atoms in total. The Kier molecular flexibility index (Phi) is 7.11. The first-order valence-electron chi connectivity index (χ1n) is 8.51. The quantitative estimate of drug-likeness (QED) is 0.694. The fourth-order valence-electron chi connectivity index (χ4n) is 2.62. The summed E-state index contributed by atoms with van der Waals surface area (Å²) < 4.78 is 43.5. The van der Waals surface area contributed by atoms with Gasteiger partial charge in [0.05, 0.1) is 23.6 Å². The maximum Gasteiger partial charge on any atom is 0.417 e. The van der Waals surface area contributed by atoms with E-state index in [1.54, 1.807) is 9.80 Å². The van der Waals surface area contributed by atoms with Crippen LogP contribution in [0.1, 0.15) is 25.8 Å². The van der Waals surface area contributed by atoms with E-state index in [9.17, 15) is 18.0 Å². The molecule has 1 amide bonds. The Labute approximate surface area is 156 Å². The zero-order chi connectivity index (χ0) is 19.3. The van der Waals surface area contributed by atoms with Gasteiger partial charge in [0.25, 0.3) is 0 Å². The molecule has 0 atom stereocenters. The smallest absolute Gasteiger partial charge is 0.381 e. The van der Waals surface area contributed by atoms with Gasteiger partial charge in [-0.3, -0.25) is 4.79 Å². The molecule has 0 saturated carbocycles. The van der Waals surface area contributed by atoms with Gasteiger partial charge in [0.2, 0.25) is 5.91 Å². The normalized spacial score (nSPS) is 15.7. The molecule has 0 radical (unpaired) electrons. The van der Waals surface area contributed by atoms with Crippen LogP contribution >= 0.6 is 11.6 Å². The van der Waals surface area contributed by atoms with E-state index < -0.39 is 11.7 Å². The summed E-state index contributed by atoms with van der Waals surface area (Å²) >= 11 is 5.98. The maximum absolute atomic E-state index is 12.7. The van der Waals surface area contributed by atoms with E-state index in [2.05, 4.69) is 4.98 Å². The Morgan fingerprint density at radius 1 is 1.31 bits per heavy atom. The van der Waals surface area contributed by atoms with Crippen LogP contribution in [0.3, 0.4) is 0 Å². The second-order valence-electron chi connectivity index (χ2n) is 6.61. The molecular formula is C17H23ClF3N3O2. The van der Waals surface area contributed by atoms with Crippen molar-refractivity contribution in [3.8, 4) is 0 Å². The lowest BCUT2D eigenvalue weighted by Crippen LogP contribution is -2.49. The Bertz CT molecular complexity index is 618. The number of anilines is 1. The minimum Gasteiger partial charge on any atom is -0.381 e. The number of aromatic nitrogens is 1. The molecule has 0 bridgehead atoms. The molecule has 1 aliphatic heterocycles. The lowest BCUT2D eigenvalue weighted by Gasteiger charge is -2.35. The highest BCUT2D eigenvalue weighted by molar-refractivity contribution is 6.33. The van der Waals surface area contributed by atoms with Crippen molar-refractivity contribution in [1.29, 1.82) is 0 Å². The molecule has 0 aliphatic carbocycles. The molecule has 1 fully saturated rings. The SMILES string of the molecule is CC(C)COCCC(=O)N1CCN(c2ncc(C(F)(F)F)cc2Cl)CC1. The Hall–Kier alpha value is -1.54. The number of piperazine rings is 1. The van der Waals surface area contributed by atoms with Crippen molar-refractivity contribution in [1.82, 2.24) is 9.88 Å². The van der Waals surface area contributed by atoms with Gasteiger partial charge >= 0.3 is 6.18 Å². The summed E-state index contributed by atoms with van der Waals surface area (Å²) in [6, 6.07) is 0.882. The first-order valence-corrected chi connectivity index (χ1v) is 8.89. The van der Waals surface area contributed by atoms with E-state index in [-0.39, 0.29) is 10.9 Å². The maximum atomic E-state index is 12.7. The summed E-state index contributed by atoms with van der Waals surface area (Å²) in [5.41, 5.74) is -0.874. The van der Waals surface area contributed by atoms with Crippen LogP contribution < -0.4 is 4.90 Å². The van der Waals surface area contributed by atoms with Crippen molar-refractivity contribution in [2.24, 2.45) is 5.92 Å². The van der Waals surface area contributed by atoms with Crippen molar-refractivity contribution >= 4 is 23.3 Å². The average molecular weight is 394 g/mol. The molecule has 0 spiro atoms. The molecule has 146 valence electrons. The van der Waals surface area contributed by atoms with Gasteiger partial charge in [0.15, 0.2) is 0 Å². The number of carbonyl (C=O) groups is 1. The van der Waals surface area contributed by atoms with Crippen LogP contribution in [0, 0.1) is 5.92 Å². The second kappa shape index (κ2) is 8.90. The summed E-state index contributed by atoms with van der Waals surface area (Å²) in [6.45, 7) is 6.99. The van der Waals surface area contributed by atoms with Crippen molar-refractivity contribution in [2.75, 3.05) is 44.3 Å². The third-order valence-corrected chi connectivity index (χ3v) is 4.27. The molecular weight excluding hydrogens is 371 g/mol. The zero-order valence-electron chi connectivity index (χ0n) is 14.9. The summed E-state index contributed by atoms with van der Waals surface area (Å²) in [5, 5.41) is -0.0401. The van der Waals surface area contributed by atoms with Gasteiger partial charge in [0.1, 0.15) is 5.82 Å². The van der Waals surface area contributed by atoms with Gasteiger partial charge in [0, 0.05) is 39.0 Å². The number of nitrogens with zero attached hydrogens (tertiary/aromatic N) is 3. The van der Waals surface area contributed by atoms with Crippen molar-refractivity contribution in [3.05, 3.63) is 22.8 Å². The lowest BCUT2D eigenvalue weighted by molar-refractivity contribution is -0.138. The molecule has 1 aliphatic rings. The van der Waals surface area contributed by atoms with Crippen molar-refractivity contribution in [3.63, 3.8) is 0 Å². The fourth-order valence-corrected chi connectivity index (χ4v) is 2.91. The molecule has 0 unspecified atom stereocenters. The number of halogens is 4. The van der Waals surface area contributed by atoms with Gasteiger partial charge < -0.3 is 14.5 Å². The molecule has 1 aromatic heterocycles. The van der Waals surface area contributed by atoms with Gasteiger partial charge in [-0.1, -0.05) is 25.4 Å². The van der Waals surface area contributed by atoms with Crippen LogP contribution in [0.25, 0.3) is 0 Å². The zero-order valence-corrected chi connectivity index (χ0v) is 15.6. The monoisotopic (exact) mass is 393 g/mol. The molecule has 2 heterocycles. The first kappa shape index (κ1) is 20.8. The van der Waals surface area contributed by atoms with E-state index in [1.807, 2.05) is 13.8 Å². The van der Waals surface area contributed by atoms with Crippen LogP contribution in [-0.2, 0) is 15.7 Å². The predicted octanol–water partition coefficient (Wildman–Crippen LogP) is 3.47. The minimum atomic E-state index is -4.47. The molecule has 2 rings (SSSR count). The van der Waals surface area contributed by atoms with E-state index >= 15 is 0 Å². The summed E-state index contributed by atoms with van der Waals surface area (Å²) in [6.07, 6.45) is -3.37. The summed E-state index contributed by atoms with van der Waals surface area (Å²) in [4.78, 5) is 19.6. The molecule has 1 saturated heterocycles. The molecule has 9 heteroatoms. The fraction of sp³-hybridized carbons (Fsp3) is 0.647. The van der Waals surface area contributed by atoms with Gasteiger partial charge in [-0.2, -0.15) is 13.2 Å². The third-order valence-electron chi connectivity index (χ3n) is 3.99. The Balaban J connectivity index is 1.85. The highest BCUT2D eigenvalue weighted by Gasteiger charge is 2.32. The second-order valence-corrected chi connectivity index (χ2v) is 7.02. The van der Waals surface area contributed by atoms with E-state index in [0.717, 1.165) is 12.3 Å². The largest absolute Gasteiger partial charge is 0.417 e. The van der Waals surface area contributed by atoms with Crippen LogP contribution in [0.4, 0.5) is 19.0 Å². The van der Waals surface area contributed by atoms with Gasteiger partial charge in [-0.25, -0.2) is 4.98 Å². The molecule has 1 aromatic rings. The van der Waals surface area contributed by atoms with Gasteiger partial charge in [-0.15, -0.1) is 0 Å². The Morgan fingerprint density at radius 3 is 2.50 bits per heavy atom. The number of hydrogen-bond acceptors (Lipinski definition) is 4. The Morgan fingerprint density at radius 2 is 1.96 bits per heavy atom. The minimum absolute atomic E-state index is 0.0138. The number of ether oxygens (including phenoxy) is 1. The van der Waals surface area contributed by atoms with Crippen molar-refractivity contribution < 1.29 is 22.7 Å². The molecule has 0 N–H and O–H groups in total. The van der Waals surface area contributed by atoms with Crippen molar-refractivity contribution in [2.45, 2.75) is 26.4 Å². The highest BCUT2D eigenvalue weighted by Crippen LogP contribution is 2.33. The molecule has 0 aromatic carbocycles. The highest BCUT2D eigenvalue weighted by atomic mass is 35.5. The number of carbonyl (C=O) groups excluding carboxylic acids is 1. The topological polar surface area (TPSA) is 45.7 Å². The number of hydrogen-bond donors (Lipinski definition) is 0. The molecule has 26 heavy (non-hydrogen) atoms. The predicted molar refractivity (Wildman–Crippen MR) is 93.3 cm³/mol. The van der Waals surface area contributed by atoms with Crippen LogP contribution in [0.2, 0.25) is 5.02 Å². The van der Waals surface area contributed by atoms with Crippen LogP contribution in [0.15, 0.2) is 12.3 Å². The first-order chi connectivity index (χ1) is 12.2. The standard InChI is InChI=1S/C17H23ClF3N3O2/c1-12(2)11-26-8-3-15(25)23-4-6-24(7-5-23)16-14(18)9-13(10-22-16)17(19,20)21/h9-10,12H,3-8,11H2,1-2H3. The summed E-state index contributed by atoms with van der Waals surface area (Å²) in [7, 11) is 0. The van der Waals surface area contributed by atoms with Crippen LogP contribution in [0.5, 0.6) is 0 Å². The van der Waals surface area contributed by atoms with E-state index in [1.165, 1.54) is 0 Å². The third kappa shape index (κ3) is 5.74. The number of pyridine rings is 1. The van der Waals surface area contributed by atoms with E-state index in [4.69, 9.17) is 16.3 Å². The number of rotatable bonds is 6. The van der Waals surface area contributed by atoms with Crippen LogP contribution in [-0.4, -0.2) is 55.2 Å². The van der Waals surface area contributed by atoms with Gasteiger partial charge in [-0.05, 0) is 12.0 Å².